The number of hydrogen-bond donors (Lipinski definition) is 0. The number of anilines is 1. The van der Waals surface area contributed by atoms with Crippen LogP contribution in [0.15, 0.2) is 36.7 Å². The van der Waals surface area contributed by atoms with Crippen LogP contribution in [0.4, 0.5) is 5.82 Å². The minimum atomic E-state index is -0.128. The third kappa shape index (κ3) is 3.70. The van der Waals surface area contributed by atoms with Crippen LogP contribution >= 0.6 is 0 Å². The van der Waals surface area contributed by atoms with E-state index in [1.54, 1.807) is 23.2 Å². The molecule has 0 spiro atoms. The summed E-state index contributed by atoms with van der Waals surface area (Å²) in [5.41, 5.74) is 0.800. The third-order valence-electron chi connectivity index (χ3n) is 4.99. The lowest BCUT2D eigenvalue weighted by molar-refractivity contribution is 0.0766. The first-order chi connectivity index (χ1) is 13.2. The van der Waals surface area contributed by atoms with E-state index >= 15 is 0 Å². The molecule has 1 amide bonds. The number of hydrogen-bond acceptors (Lipinski definition) is 6. The highest BCUT2D eigenvalue weighted by Gasteiger charge is 2.30. The molecule has 138 valence electrons. The molecule has 2 fully saturated rings. The van der Waals surface area contributed by atoms with E-state index in [2.05, 4.69) is 14.9 Å². The van der Waals surface area contributed by atoms with Crippen LogP contribution in [0.1, 0.15) is 35.3 Å². The van der Waals surface area contributed by atoms with Gasteiger partial charge in [0.2, 0.25) is 0 Å². The monoisotopic (exact) mass is 363 g/mol. The summed E-state index contributed by atoms with van der Waals surface area (Å²) in [5, 5.41) is 8.84. The molecule has 4 rings (SSSR count). The molecular weight excluding hydrogens is 342 g/mol. The van der Waals surface area contributed by atoms with E-state index in [1.165, 1.54) is 19.0 Å². The van der Waals surface area contributed by atoms with Crippen LogP contribution in [0.2, 0.25) is 0 Å². The van der Waals surface area contributed by atoms with E-state index in [0.717, 1.165) is 31.1 Å². The van der Waals surface area contributed by atoms with Crippen LogP contribution in [0.3, 0.4) is 0 Å². The van der Waals surface area contributed by atoms with Crippen LogP contribution in [-0.4, -0.2) is 53.1 Å². The molecular formula is C20H21N5O2. The first-order valence-electron chi connectivity index (χ1n) is 9.26. The standard InChI is InChI=1S/C20H21N5O2/c21-12-15-5-6-17(23-13-15)20(26)25-11-7-16(14-25)27-18-4-3-8-22-19(18)24-9-1-2-10-24/h3-6,8,13,16H,1-2,7,9-11,14H2/t16-/m1/s1. The number of pyridine rings is 2. The Morgan fingerprint density at radius 3 is 2.78 bits per heavy atom. The first kappa shape index (κ1) is 17.3. The van der Waals surface area contributed by atoms with Crippen LogP contribution < -0.4 is 9.64 Å². The van der Waals surface area contributed by atoms with Crippen LogP contribution in [0.25, 0.3) is 0 Å². The zero-order valence-corrected chi connectivity index (χ0v) is 15.0. The molecule has 27 heavy (non-hydrogen) atoms. The van der Waals surface area contributed by atoms with Crippen molar-refractivity contribution in [2.75, 3.05) is 31.1 Å². The second-order valence-corrected chi connectivity index (χ2v) is 6.84. The van der Waals surface area contributed by atoms with Gasteiger partial charge in [-0.2, -0.15) is 5.26 Å². The molecule has 0 saturated carbocycles. The van der Waals surface area contributed by atoms with E-state index in [0.29, 0.717) is 24.3 Å². The van der Waals surface area contributed by atoms with Gasteiger partial charge in [0, 0.05) is 38.4 Å². The molecule has 4 heterocycles. The second-order valence-electron chi connectivity index (χ2n) is 6.84. The fourth-order valence-electron chi connectivity index (χ4n) is 3.58. The Hall–Kier alpha value is -3.14. The lowest BCUT2D eigenvalue weighted by Gasteiger charge is -2.22. The molecule has 0 aliphatic carbocycles. The molecule has 0 radical (unpaired) electrons. The molecule has 7 nitrogen and oxygen atoms in total. The van der Waals surface area contributed by atoms with Gasteiger partial charge in [0.05, 0.1) is 12.1 Å². The maximum Gasteiger partial charge on any atom is 0.272 e. The quantitative estimate of drug-likeness (QED) is 0.829. The average molecular weight is 363 g/mol. The molecule has 1 atom stereocenters. The van der Waals surface area contributed by atoms with Gasteiger partial charge in [-0.15, -0.1) is 0 Å². The smallest absolute Gasteiger partial charge is 0.272 e. The zero-order chi connectivity index (χ0) is 18.6. The molecule has 2 aliphatic heterocycles. The number of nitriles is 1. The van der Waals surface area contributed by atoms with E-state index in [9.17, 15) is 4.79 Å². The van der Waals surface area contributed by atoms with Crippen molar-refractivity contribution in [1.82, 2.24) is 14.9 Å². The summed E-state index contributed by atoms with van der Waals surface area (Å²) in [6.45, 7) is 3.17. The van der Waals surface area contributed by atoms with Crippen molar-refractivity contribution in [3.63, 3.8) is 0 Å². The SMILES string of the molecule is N#Cc1ccc(C(=O)N2CC[C@@H](Oc3cccnc3N3CCCC3)C2)nc1. The van der Waals surface area contributed by atoms with Crippen molar-refractivity contribution in [2.24, 2.45) is 0 Å². The molecule has 0 aromatic carbocycles. The van der Waals surface area contributed by atoms with Gasteiger partial charge in [-0.05, 0) is 37.1 Å². The molecule has 2 saturated heterocycles. The summed E-state index contributed by atoms with van der Waals surface area (Å²) < 4.78 is 6.21. The second kappa shape index (κ2) is 7.62. The fourth-order valence-corrected chi connectivity index (χ4v) is 3.58. The van der Waals surface area contributed by atoms with E-state index in [1.807, 2.05) is 18.2 Å². The Labute approximate surface area is 158 Å². The largest absolute Gasteiger partial charge is 0.485 e. The van der Waals surface area contributed by atoms with E-state index < -0.39 is 0 Å². The molecule has 2 aliphatic rings. The topological polar surface area (TPSA) is 82.3 Å². The summed E-state index contributed by atoms with van der Waals surface area (Å²) >= 11 is 0. The lowest BCUT2D eigenvalue weighted by atomic mass is 10.2. The number of aromatic nitrogens is 2. The highest BCUT2D eigenvalue weighted by molar-refractivity contribution is 5.92. The van der Waals surface area contributed by atoms with Gasteiger partial charge < -0.3 is 14.5 Å². The number of carbonyl (C=O) groups excluding carboxylic acids is 1. The minimum Gasteiger partial charge on any atom is -0.485 e. The van der Waals surface area contributed by atoms with E-state index in [-0.39, 0.29) is 12.0 Å². The number of carbonyl (C=O) groups is 1. The number of amides is 1. The number of likely N-dealkylation sites (tertiary alicyclic amines) is 1. The molecule has 2 aromatic heterocycles. The predicted molar refractivity (Wildman–Crippen MR) is 99.6 cm³/mol. The summed E-state index contributed by atoms with van der Waals surface area (Å²) in [6, 6.07) is 9.05. The maximum atomic E-state index is 12.6. The number of nitrogens with zero attached hydrogens (tertiary/aromatic N) is 5. The highest BCUT2D eigenvalue weighted by Crippen LogP contribution is 2.30. The van der Waals surface area contributed by atoms with Crippen molar-refractivity contribution in [3.8, 4) is 11.8 Å². The highest BCUT2D eigenvalue weighted by atomic mass is 16.5. The predicted octanol–water partition coefficient (Wildman–Crippen LogP) is 2.24. The van der Waals surface area contributed by atoms with E-state index in [4.69, 9.17) is 10.00 Å². The van der Waals surface area contributed by atoms with Crippen molar-refractivity contribution in [2.45, 2.75) is 25.4 Å². The Balaban J connectivity index is 1.41. The third-order valence-corrected chi connectivity index (χ3v) is 4.99. The molecule has 7 heteroatoms. The zero-order valence-electron chi connectivity index (χ0n) is 15.0. The lowest BCUT2D eigenvalue weighted by Crippen LogP contribution is -2.31. The van der Waals surface area contributed by atoms with Crippen molar-refractivity contribution < 1.29 is 9.53 Å². The Morgan fingerprint density at radius 1 is 1.19 bits per heavy atom. The van der Waals surface area contributed by atoms with Gasteiger partial charge in [0.1, 0.15) is 17.9 Å². The van der Waals surface area contributed by atoms with Gasteiger partial charge in [-0.25, -0.2) is 9.97 Å². The fraction of sp³-hybridized carbons (Fsp3) is 0.400. The van der Waals surface area contributed by atoms with Gasteiger partial charge in [0.15, 0.2) is 11.6 Å². The van der Waals surface area contributed by atoms with Crippen molar-refractivity contribution >= 4 is 11.7 Å². The van der Waals surface area contributed by atoms with Crippen molar-refractivity contribution in [3.05, 3.63) is 47.9 Å². The van der Waals surface area contributed by atoms with Gasteiger partial charge in [-0.1, -0.05) is 0 Å². The molecule has 0 N–H and O–H groups in total. The summed E-state index contributed by atoms with van der Waals surface area (Å²) in [7, 11) is 0. The van der Waals surface area contributed by atoms with Crippen molar-refractivity contribution in [1.29, 1.82) is 5.26 Å². The maximum absolute atomic E-state index is 12.6. The van der Waals surface area contributed by atoms with Gasteiger partial charge in [-0.3, -0.25) is 4.79 Å². The van der Waals surface area contributed by atoms with Gasteiger partial charge in [0.25, 0.3) is 5.91 Å². The molecule has 2 aromatic rings. The van der Waals surface area contributed by atoms with Gasteiger partial charge >= 0.3 is 0 Å². The summed E-state index contributed by atoms with van der Waals surface area (Å²) in [4.78, 5) is 25.2. The summed E-state index contributed by atoms with van der Waals surface area (Å²) in [6.07, 6.45) is 6.30. The minimum absolute atomic E-state index is 0.0575. The Morgan fingerprint density at radius 2 is 2.04 bits per heavy atom. The molecule has 0 unspecified atom stereocenters. The average Bonchev–Trinajstić information content (AvgIpc) is 3.40. The molecule has 0 bridgehead atoms. The first-order valence-corrected chi connectivity index (χ1v) is 9.26. The Bertz CT molecular complexity index is 855. The van der Waals surface area contributed by atoms with Crippen LogP contribution in [0, 0.1) is 11.3 Å². The summed E-state index contributed by atoms with van der Waals surface area (Å²) in [5.74, 6) is 1.56. The van der Waals surface area contributed by atoms with Crippen LogP contribution in [-0.2, 0) is 0 Å². The number of ether oxygens (including phenoxy) is 1. The Kier molecular flexibility index (Phi) is 4.88. The van der Waals surface area contributed by atoms with Crippen LogP contribution in [0.5, 0.6) is 5.75 Å². The number of rotatable bonds is 4. The normalized spacial score (nSPS) is 19.1.